The lowest BCUT2D eigenvalue weighted by molar-refractivity contribution is -0.120. The number of hydrogen-bond acceptors (Lipinski definition) is 9. The van der Waals surface area contributed by atoms with E-state index in [1.165, 1.54) is 17.4 Å². The van der Waals surface area contributed by atoms with Gasteiger partial charge in [-0.2, -0.15) is 0 Å². The summed E-state index contributed by atoms with van der Waals surface area (Å²) in [6.45, 7) is 5.86. The number of carbonyl (C=O) groups is 2. The number of anilines is 1. The lowest BCUT2D eigenvalue weighted by Gasteiger charge is -2.05. The molecule has 27 heavy (non-hydrogen) atoms. The first-order chi connectivity index (χ1) is 13.0. The van der Waals surface area contributed by atoms with E-state index >= 15 is 0 Å². The molecule has 0 saturated carbocycles. The van der Waals surface area contributed by atoms with Crippen LogP contribution >= 0.6 is 34.9 Å². The molecule has 12 heteroatoms. The number of thioether (sulfide) groups is 2. The minimum atomic E-state index is -0.384. The number of hydrogen-bond donors (Lipinski definition) is 3. The van der Waals surface area contributed by atoms with Gasteiger partial charge in [-0.3, -0.25) is 19.7 Å². The van der Waals surface area contributed by atoms with Crippen molar-refractivity contribution in [2.75, 3.05) is 23.4 Å². The van der Waals surface area contributed by atoms with Crippen molar-refractivity contribution in [3.05, 3.63) is 34.8 Å². The zero-order valence-electron chi connectivity index (χ0n) is 14.5. The fourth-order valence-electron chi connectivity index (χ4n) is 1.79. The molecule has 0 spiro atoms. The Morgan fingerprint density at radius 2 is 2.15 bits per heavy atom. The highest BCUT2D eigenvalue weighted by Crippen LogP contribution is 2.25. The van der Waals surface area contributed by atoms with Crippen molar-refractivity contribution in [1.29, 1.82) is 0 Å². The van der Waals surface area contributed by atoms with Crippen LogP contribution in [0.15, 0.2) is 33.0 Å². The summed E-state index contributed by atoms with van der Waals surface area (Å²) in [6, 6.07) is 1.26. The predicted molar refractivity (Wildman–Crippen MR) is 107 cm³/mol. The number of carbonyl (C=O) groups excluding carboxylic acids is 2. The van der Waals surface area contributed by atoms with Crippen LogP contribution in [-0.4, -0.2) is 50.0 Å². The van der Waals surface area contributed by atoms with E-state index in [0.29, 0.717) is 17.4 Å². The molecule has 2 amide bonds. The fourth-order valence-corrected chi connectivity index (χ4v) is 4.15. The van der Waals surface area contributed by atoms with Crippen molar-refractivity contribution < 1.29 is 9.59 Å². The minimum absolute atomic E-state index is 0.0276. The first kappa shape index (κ1) is 21.1. The predicted octanol–water partition coefficient (Wildman–Crippen LogP) is 1.31. The molecule has 0 aliphatic rings. The first-order valence-electron chi connectivity index (χ1n) is 7.87. The van der Waals surface area contributed by atoms with E-state index < -0.39 is 0 Å². The number of nitrogens with zero attached hydrogens (tertiary/aromatic N) is 3. The van der Waals surface area contributed by atoms with Crippen molar-refractivity contribution in [1.82, 2.24) is 25.5 Å². The lowest BCUT2D eigenvalue weighted by atomic mass is 10.3. The largest absolute Gasteiger partial charge is 0.352 e. The van der Waals surface area contributed by atoms with Gasteiger partial charge in [-0.05, 0) is 5.75 Å². The zero-order valence-corrected chi connectivity index (χ0v) is 16.9. The molecule has 0 aromatic carbocycles. The molecule has 9 nitrogen and oxygen atoms in total. The third kappa shape index (κ3) is 7.53. The summed E-state index contributed by atoms with van der Waals surface area (Å²) in [7, 11) is 0. The molecule has 0 unspecified atom stereocenters. The number of rotatable bonds is 10. The smallest absolute Gasteiger partial charge is 0.251 e. The van der Waals surface area contributed by atoms with Crippen LogP contribution in [0.5, 0.6) is 0 Å². The van der Waals surface area contributed by atoms with Crippen LogP contribution in [0.3, 0.4) is 0 Å². The average molecular weight is 427 g/mol. The average Bonchev–Trinajstić information content (AvgIpc) is 3.05. The van der Waals surface area contributed by atoms with Gasteiger partial charge in [0.15, 0.2) is 9.50 Å². The van der Waals surface area contributed by atoms with Crippen LogP contribution in [0.4, 0.5) is 5.13 Å². The van der Waals surface area contributed by atoms with E-state index in [2.05, 4.69) is 37.4 Å². The molecular weight excluding hydrogens is 408 g/mol. The van der Waals surface area contributed by atoms with Gasteiger partial charge in [0.25, 0.3) is 5.56 Å². The van der Waals surface area contributed by atoms with E-state index in [-0.39, 0.29) is 34.7 Å². The molecule has 2 rings (SSSR count). The molecule has 2 aromatic heterocycles. The Morgan fingerprint density at radius 3 is 2.89 bits per heavy atom. The van der Waals surface area contributed by atoms with Gasteiger partial charge < -0.3 is 10.3 Å². The molecule has 2 heterocycles. The van der Waals surface area contributed by atoms with Gasteiger partial charge in [0, 0.05) is 12.6 Å². The molecular formula is C15H18N6O3S3. The Labute approximate surface area is 167 Å². The van der Waals surface area contributed by atoms with Gasteiger partial charge in [-0.25, -0.2) is 4.98 Å². The number of aromatic nitrogens is 4. The Bertz CT molecular complexity index is 866. The highest BCUT2D eigenvalue weighted by molar-refractivity contribution is 8.01. The second kappa shape index (κ2) is 10.8. The van der Waals surface area contributed by atoms with E-state index in [9.17, 15) is 14.4 Å². The Kier molecular flexibility index (Phi) is 8.48. The molecule has 0 bridgehead atoms. The third-order valence-corrected chi connectivity index (χ3v) is 5.55. The molecule has 144 valence electrons. The SMILES string of the molecule is C=CCNC(=O)Cc1cc(=O)[nH]c(SCC(=O)Nc2nnc(SCC)s2)n1. The van der Waals surface area contributed by atoms with Crippen LogP contribution in [0.25, 0.3) is 0 Å². The molecule has 0 aliphatic carbocycles. The summed E-state index contributed by atoms with van der Waals surface area (Å²) >= 11 is 3.91. The maximum absolute atomic E-state index is 12.0. The Hall–Kier alpha value is -2.18. The monoisotopic (exact) mass is 426 g/mol. The molecule has 0 fully saturated rings. The van der Waals surface area contributed by atoms with E-state index in [1.54, 1.807) is 17.8 Å². The maximum atomic E-state index is 12.0. The highest BCUT2D eigenvalue weighted by atomic mass is 32.2. The Morgan fingerprint density at radius 1 is 1.33 bits per heavy atom. The summed E-state index contributed by atoms with van der Waals surface area (Å²) in [4.78, 5) is 42.2. The van der Waals surface area contributed by atoms with Crippen molar-refractivity contribution in [2.24, 2.45) is 0 Å². The maximum Gasteiger partial charge on any atom is 0.251 e. The minimum Gasteiger partial charge on any atom is -0.352 e. The fraction of sp³-hybridized carbons (Fsp3) is 0.333. The summed E-state index contributed by atoms with van der Waals surface area (Å²) in [6.07, 6.45) is 1.53. The third-order valence-electron chi connectivity index (χ3n) is 2.82. The van der Waals surface area contributed by atoms with Crippen molar-refractivity contribution >= 4 is 51.8 Å². The second-order valence-corrected chi connectivity index (χ2v) is 8.41. The zero-order chi connectivity index (χ0) is 19.6. The first-order valence-corrected chi connectivity index (χ1v) is 10.7. The van der Waals surface area contributed by atoms with E-state index in [4.69, 9.17) is 0 Å². The summed E-state index contributed by atoms with van der Waals surface area (Å²) in [5.41, 5.74) is -0.0571. The van der Waals surface area contributed by atoms with Crippen LogP contribution in [0.1, 0.15) is 12.6 Å². The number of aromatic amines is 1. The van der Waals surface area contributed by atoms with E-state index in [0.717, 1.165) is 21.9 Å². The molecule has 2 aromatic rings. The van der Waals surface area contributed by atoms with Gasteiger partial charge in [0.2, 0.25) is 16.9 Å². The van der Waals surface area contributed by atoms with Crippen LogP contribution in [0.2, 0.25) is 0 Å². The number of H-pyrrole nitrogens is 1. The molecule has 0 radical (unpaired) electrons. The molecule has 0 saturated heterocycles. The second-order valence-electron chi connectivity index (χ2n) is 4.95. The molecule has 0 atom stereocenters. The summed E-state index contributed by atoms with van der Waals surface area (Å²) in [5, 5.41) is 13.8. The lowest BCUT2D eigenvalue weighted by Crippen LogP contribution is -2.26. The quantitative estimate of drug-likeness (QED) is 0.224. The summed E-state index contributed by atoms with van der Waals surface area (Å²) in [5.74, 6) is 0.351. The van der Waals surface area contributed by atoms with Crippen molar-refractivity contribution in [2.45, 2.75) is 22.8 Å². The molecule has 3 N–H and O–H groups in total. The number of amides is 2. The van der Waals surface area contributed by atoms with Gasteiger partial charge >= 0.3 is 0 Å². The summed E-state index contributed by atoms with van der Waals surface area (Å²) < 4.78 is 0.786. The standard InChI is InChI=1S/C15H18N6O3S3/c1-3-5-16-10(22)6-9-7-11(23)18-13(17-9)26-8-12(24)19-14-20-21-15(27-14)25-4-2/h3,7H,1,4-6,8H2,2H3,(H,16,22)(H,17,18,23)(H,19,20,24). The normalized spacial score (nSPS) is 10.4. The van der Waals surface area contributed by atoms with Gasteiger partial charge in [0.1, 0.15) is 0 Å². The van der Waals surface area contributed by atoms with Crippen molar-refractivity contribution in [3.63, 3.8) is 0 Å². The topological polar surface area (TPSA) is 130 Å². The van der Waals surface area contributed by atoms with Crippen molar-refractivity contribution in [3.8, 4) is 0 Å². The van der Waals surface area contributed by atoms with Crippen LogP contribution < -0.4 is 16.2 Å². The van der Waals surface area contributed by atoms with Gasteiger partial charge in [0.05, 0.1) is 17.9 Å². The number of nitrogens with one attached hydrogen (secondary N) is 3. The highest BCUT2D eigenvalue weighted by Gasteiger charge is 2.11. The van der Waals surface area contributed by atoms with Gasteiger partial charge in [-0.1, -0.05) is 47.9 Å². The Balaban J connectivity index is 1.90. The van der Waals surface area contributed by atoms with Crippen LogP contribution in [0, 0.1) is 0 Å². The van der Waals surface area contributed by atoms with Gasteiger partial charge in [-0.15, -0.1) is 16.8 Å². The van der Waals surface area contributed by atoms with Crippen LogP contribution in [-0.2, 0) is 16.0 Å². The van der Waals surface area contributed by atoms with E-state index in [1.807, 2.05) is 6.92 Å². The molecule has 0 aliphatic heterocycles.